The van der Waals surface area contributed by atoms with Crippen LogP contribution < -0.4 is 4.90 Å². The van der Waals surface area contributed by atoms with E-state index in [1.807, 2.05) is 52.7 Å². The summed E-state index contributed by atoms with van der Waals surface area (Å²) in [6.07, 6.45) is 7.38. The minimum absolute atomic E-state index is 0.00783. The molecule has 5 nitrogen and oxygen atoms in total. The molecule has 1 amide bonds. The first-order valence-electron chi connectivity index (χ1n) is 8.94. The van der Waals surface area contributed by atoms with Crippen molar-refractivity contribution in [1.29, 1.82) is 0 Å². The molecule has 0 aliphatic carbocycles. The molecule has 28 heavy (non-hydrogen) atoms. The number of amides is 1. The van der Waals surface area contributed by atoms with Gasteiger partial charge in [-0.3, -0.25) is 4.79 Å². The Morgan fingerprint density at radius 1 is 1.07 bits per heavy atom. The van der Waals surface area contributed by atoms with Gasteiger partial charge in [-0.05, 0) is 37.3 Å². The number of fused-ring (bicyclic) bond motifs is 2. The molecule has 1 aliphatic heterocycles. The molecule has 140 valence electrons. The van der Waals surface area contributed by atoms with Crippen LogP contribution in [0.5, 0.6) is 0 Å². The Bertz CT molecular complexity index is 1230. The predicted octanol–water partition coefficient (Wildman–Crippen LogP) is 4.30. The van der Waals surface area contributed by atoms with Crippen molar-refractivity contribution >= 4 is 17.2 Å². The Morgan fingerprint density at radius 3 is 2.75 bits per heavy atom. The molecule has 1 aromatic carbocycles. The van der Waals surface area contributed by atoms with Gasteiger partial charge in [0.15, 0.2) is 11.6 Å². The smallest absolute Gasteiger partial charge is 0.275 e. The molecule has 0 N–H and O–H groups in total. The summed E-state index contributed by atoms with van der Waals surface area (Å²) in [5, 5.41) is 0. The fourth-order valence-electron chi connectivity index (χ4n) is 3.79. The normalized spacial score (nSPS) is 16.6. The zero-order valence-electron chi connectivity index (χ0n) is 15.0. The van der Waals surface area contributed by atoms with Gasteiger partial charge >= 0.3 is 0 Å². The van der Waals surface area contributed by atoms with Crippen LogP contribution in [0.4, 0.5) is 14.5 Å². The summed E-state index contributed by atoms with van der Waals surface area (Å²) in [6, 6.07) is 9.26. The van der Waals surface area contributed by atoms with Crippen LogP contribution in [0.1, 0.15) is 23.5 Å². The summed E-state index contributed by atoms with van der Waals surface area (Å²) in [5.74, 6) is -2.14. The highest BCUT2D eigenvalue weighted by Crippen LogP contribution is 2.34. The Hall–Kier alpha value is -3.48. The standard InChI is InChI=1S/C21H16F2N4O/c1-13-11-27(15-3-4-17(22)18(23)10-15)21(28)20-16(6-8-26(13)20)14-2-5-19-24-7-9-25(19)12-14/h2-10,12-13H,11H2,1H3/t13-/m0/s1. The number of carbonyl (C=O) groups is 1. The van der Waals surface area contributed by atoms with Gasteiger partial charge in [0.1, 0.15) is 11.3 Å². The lowest BCUT2D eigenvalue weighted by Crippen LogP contribution is -2.42. The van der Waals surface area contributed by atoms with Gasteiger partial charge in [0.25, 0.3) is 5.91 Å². The van der Waals surface area contributed by atoms with Crippen LogP contribution in [0.2, 0.25) is 0 Å². The van der Waals surface area contributed by atoms with Crippen LogP contribution in [0.3, 0.4) is 0 Å². The number of carbonyl (C=O) groups excluding carboxylic acids is 1. The van der Waals surface area contributed by atoms with Crippen LogP contribution >= 0.6 is 0 Å². The van der Waals surface area contributed by atoms with Gasteiger partial charge in [-0.15, -0.1) is 0 Å². The highest BCUT2D eigenvalue weighted by atomic mass is 19.2. The quantitative estimate of drug-likeness (QED) is 0.522. The zero-order valence-corrected chi connectivity index (χ0v) is 15.0. The summed E-state index contributed by atoms with van der Waals surface area (Å²) < 4.78 is 30.9. The molecule has 4 heterocycles. The van der Waals surface area contributed by atoms with Gasteiger partial charge in [0, 0.05) is 60.3 Å². The summed E-state index contributed by atoms with van der Waals surface area (Å²) in [7, 11) is 0. The van der Waals surface area contributed by atoms with E-state index in [-0.39, 0.29) is 11.9 Å². The lowest BCUT2D eigenvalue weighted by molar-refractivity contribution is 0.0958. The van der Waals surface area contributed by atoms with Crippen molar-refractivity contribution in [2.24, 2.45) is 0 Å². The molecule has 0 fully saturated rings. The number of imidazole rings is 1. The maximum absolute atomic E-state index is 13.7. The summed E-state index contributed by atoms with van der Waals surface area (Å²) in [5.41, 5.74) is 3.37. The monoisotopic (exact) mass is 378 g/mol. The van der Waals surface area contributed by atoms with Gasteiger partial charge in [-0.2, -0.15) is 0 Å². The first-order valence-corrected chi connectivity index (χ1v) is 8.94. The van der Waals surface area contributed by atoms with Gasteiger partial charge in [0.2, 0.25) is 0 Å². The number of hydrogen-bond donors (Lipinski definition) is 0. The number of nitrogens with zero attached hydrogens (tertiary/aromatic N) is 4. The highest BCUT2D eigenvalue weighted by molar-refractivity contribution is 6.10. The minimum Gasteiger partial charge on any atom is -0.338 e. The van der Waals surface area contributed by atoms with E-state index in [0.29, 0.717) is 17.9 Å². The summed E-state index contributed by atoms with van der Waals surface area (Å²) in [4.78, 5) is 19.0. The molecule has 1 aliphatic rings. The third-order valence-electron chi connectivity index (χ3n) is 5.20. The van der Waals surface area contributed by atoms with E-state index in [1.54, 1.807) is 6.20 Å². The molecular weight excluding hydrogens is 362 g/mol. The number of hydrogen-bond acceptors (Lipinski definition) is 2. The van der Waals surface area contributed by atoms with Gasteiger partial charge in [0.05, 0.1) is 0 Å². The van der Waals surface area contributed by atoms with Crippen LogP contribution in [0.15, 0.2) is 61.2 Å². The molecule has 0 spiro atoms. The largest absolute Gasteiger partial charge is 0.338 e. The number of benzene rings is 1. The van der Waals surface area contributed by atoms with Gasteiger partial charge < -0.3 is 13.9 Å². The van der Waals surface area contributed by atoms with Crippen molar-refractivity contribution in [2.45, 2.75) is 13.0 Å². The van der Waals surface area contributed by atoms with Crippen molar-refractivity contribution in [3.8, 4) is 11.1 Å². The molecule has 5 rings (SSSR count). The molecule has 0 unspecified atom stereocenters. The third-order valence-corrected chi connectivity index (χ3v) is 5.20. The number of pyridine rings is 1. The maximum atomic E-state index is 13.7. The zero-order chi connectivity index (χ0) is 19.4. The first-order chi connectivity index (χ1) is 13.5. The van der Waals surface area contributed by atoms with Crippen molar-refractivity contribution in [3.05, 3.63) is 78.5 Å². The van der Waals surface area contributed by atoms with E-state index >= 15 is 0 Å². The lowest BCUT2D eigenvalue weighted by Gasteiger charge is -2.33. The second-order valence-corrected chi connectivity index (χ2v) is 6.96. The van der Waals surface area contributed by atoms with Crippen LogP contribution in [0.25, 0.3) is 16.8 Å². The van der Waals surface area contributed by atoms with E-state index < -0.39 is 11.6 Å². The lowest BCUT2D eigenvalue weighted by atomic mass is 10.0. The van der Waals surface area contributed by atoms with E-state index in [4.69, 9.17) is 0 Å². The fourth-order valence-corrected chi connectivity index (χ4v) is 3.79. The average molecular weight is 378 g/mol. The molecule has 4 aromatic rings. The molecule has 0 saturated carbocycles. The maximum Gasteiger partial charge on any atom is 0.275 e. The number of rotatable bonds is 2. The van der Waals surface area contributed by atoms with Crippen LogP contribution in [-0.4, -0.2) is 26.4 Å². The molecule has 0 radical (unpaired) electrons. The highest BCUT2D eigenvalue weighted by Gasteiger charge is 2.32. The van der Waals surface area contributed by atoms with Crippen molar-refractivity contribution in [3.63, 3.8) is 0 Å². The second-order valence-electron chi connectivity index (χ2n) is 6.96. The Labute approximate surface area is 159 Å². The van der Waals surface area contributed by atoms with Crippen molar-refractivity contribution in [1.82, 2.24) is 14.0 Å². The van der Waals surface area contributed by atoms with E-state index in [1.165, 1.54) is 11.0 Å². The van der Waals surface area contributed by atoms with Crippen LogP contribution in [-0.2, 0) is 0 Å². The molecule has 0 bridgehead atoms. The first kappa shape index (κ1) is 16.7. The van der Waals surface area contributed by atoms with E-state index in [2.05, 4.69) is 4.98 Å². The van der Waals surface area contributed by atoms with Crippen molar-refractivity contribution < 1.29 is 13.6 Å². The fraction of sp³-hybridized carbons (Fsp3) is 0.143. The SMILES string of the molecule is C[C@H]1CN(c2ccc(F)c(F)c2)C(=O)c2c(-c3ccc4nccn4c3)ccn21. The van der Waals surface area contributed by atoms with Gasteiger partial charge in [-0.1, -0.05) is 0 Å². The molecule has 7 heteroatoms. The second kappa shape index (κ2) is 6.02. The van der Waals surface area contributed by atoms with Crippen molar-refractivity contribution in [2.75, 3.05) is 11.4 Å². The van der Waals surface area contributed by atoms with E-state index in [9.17, 15) is 13.6 Å². The Morgan fingerprint density at radius 2 is 1.93 bits per heavy atom. The molecular formula is C21H16F2N4O. The topological polar surface area (TPSA) is 42.5 Å². The summed E-state index contributed by atoms with van der Waals surface area (Å²) >= 11 is 0. The molecule has 1 atom stereocenters. The Balaban J connectivity index is 1.62. The van der Waals surface area contributed by atoms with Gasteiger partial charge in [-0.25, -0.2) is 13.8 Å². The Kier molecular flexibility index (Phi) is 3.58. The molecule has 0 saturated heterocycles. The number of halogens is 2. The van der Waals surface area contributed by atoms with E-state index in [0.717, 1.165) is 28.9 Å². The predicted molar refractivity (Wildman–Crippen MR) is 101 cm³/mol. The van der Waals surface area contributed by atoms with Crippen LogP contribution in [0, 0.1) is 11.6 Å². The molecule has 3 aromatic heterocycles. The number of anilines is 1. The average Bonchev–Trinajstić information content (AvgIpc) is 3.33. The summed E-state index contributed by atoms with van der Waals surface area (Å²) in [6.45, 7) is 2.37. The minimum atomic E-state index is -0.968. The third kappa shape index (κ3) is 2.43. The number of aromatic nitrogens is 3.